The van der Waals surface area contributed by atoms with Crippen LogP contribution in [0.25, 0.3) is 0 Å². The lowest BCUT2D eigenvalue weighted by Gasteiger charge is -2.27. The monoisotopic (exact) mass is 231 g/mol. The molecule has 1 atom stereocenters. The first-order valence-electron chi connectivity index (χ1n) is 5.38. The van der Waals surface area contributed by atoms with Crippen LogP contribution in [-0.4, -0.2) is 19.6 Å². The molecule has 17 heavy (non-hydrogen) atoms. The quantitative estimate of drug-likeness (QED) is 0.632. The summed E-state index contributed by atoms with van der Waals surface area (Å²) in [5.74, 6) is 2.11. The summed E-state index contributed by atoms with van der Waals surface area (Å²) in [6.45, 7) is 4.06. The molecule has 1 N–H and O–H groups in total. The van der Waals surface area contributed by atoms with E-state index in [1.807, 2.05) is 31.2 Å². The number of benzene rings is 1. The molecule has 0 spiro atoms. The molecule has 1 aromatic carbocycles. The van der Waals surface area contributed by atoms with Crippen LogP contribution in [0.3, 0.4) is 0 Å². The van der Waals surface area contributed by atoms with E-state index < -0.39 is 5.54 Å². The number of nitrogens with one attached hydrogen (secondary N) is 1. The van der Waals surface area contributed by atoms with Gasteiger partial charge >= 0.3 is 5.97 Å². The maximum absolute atomic E-state index is 11.9. The molecule has 0 aromatic heterocycles. The number of rotatable bonds is 4. The molecule has 0 saturated heterocycles. The van der Waals surface area contributed by atoms with Crippen LogP contribution < -0.4 is 5.32 Å². The summed E-state index contributed by atoms with van der Waals surface area (Å²) in [7, 11) is 1.37. The Hall–Kier alpha value is -1.79. The normalized spacial score (nSPS) is 13.5. The predicted molar refractivity (Wildman–Crippen MR) is 67.4 cm³/mol. The smallest absolute Gasteiger partial charge is 0.330 e. The fourth-order valence-electron chi connectivity index (χ4n) is 1.61. The molecule has 0 aliphatic carbocycles. The van der Waals surface area contributed by atoms with Crippen molar-refractivity contribution in [2.45, 2.75) is 19.4 Å². The Morgan fingerprint density at radius 1 is 1.47 bits per heavy atom. The number of esters is 1. The van der Waals surface area contributed by atoms with Gasteiger partial charge in [0.05, 0.1) is 13.7 Å². The molecule has 1 unspecified atom stereocenters. The lowest BCUT2D eigenvalue weighted by Crippen LogP contribution is -2.47. The second kappa shape index (κ2) is 5.51. The summed E-state index contributed by atoms with van der Waals surface area (Å²) in [5, 5.41) is 3.02. The molecule has 0 fully saturated rings. The van der Waals surface area contributed by atoms with Gasteiger partial charge in [-0.15, -0.1) is 6.42 Å². The summed E-state index contributed by atoms with van der Waals surface area (Å²) in [6.07, 6.45) is 5.21. The number of terminal acetylenes is 1. The van der Waals surface area contributed by atoms with Crippen LogP contribution in [0, 0.1) is 19.3 Å². The minimum absolute atomic E-state index is 0.305. The van der Waals surface area contributed by atoms with Crippen molar-refractivity contribution in [3.05, 3.63) is 35.4 Å². The van der Waals surface area contributed by atoms with Gasteiger partial charge in [-0.3, -0.25) is 5.32 Å². The van der Waals surface area contributed by atoms with Crippen molar-refractivity contribution in [2.75, 3.05) is 13.7 Å². The van der Waals surface area contributed by atoms with Crippen LogP contribution in [-0.2, 0) is 15.1 Å². The van der Waals surface area contributed by atoms with Gasteiger partial charge < -0.3 is 4.74 Å². The second-order valence-electron chi connectivity index (χ2n) is 4.04. The molecule has 3 nitrogen and oxygen atoms in total. The van der Waals surface area contributed by atoms with Gasteiger partial charge in [0.1, 0.15) is 5.54 Å². The van der Waals surface area contributed by atoms with Crippen molar-refractivity contribution in [2.24, 2.45) is 0 Å². The molecule has 0 aliphatic heterocycles. The van der Waals surface area contributed by atoms with Gasteiger partial charge in [0.2, 0.25) is 0 Å². The largest absolute Gasteiger partial charge is 0.467 e. The van der Waals surface area contributed by atoms with E-state index in [0.29, 0.717) is 6.54 Å². The van der Waals surface area contributed by atoms with Crippen molar-refractivity contribution in [1.29, 1.82) is 0 Å². The zero-order valence-corrected chi connectivity index (χ0v) is 10.4. The molecular formula is C14H17NO2. The van der Waals surface area contributed by atoms with Crippen LogP contribution in [0.1, 0.15) is 18.1 Å². The lowest BCUT2D eigenvalue weighted by atomic mass is 9.91. The second-order valence-corrected chi connectivity index (χ2v) is 4.04. The maximum Gasteiger partial charge on any atom is 0.330 e. The fraction of sp³-hybridized carbons (Fsp3) is 0.357. The van der Waals surface area contributed by atoms with E-state index >= 15 is 0 Å². The molecule has 1 aromatic rings. The topological polar surface area (TPSA) is 38.3 Å². The minimum atomic E-state index is -0.908. The van der Waals surface area contributed by atoms with E-state index in [-0.39, 0.29) is 5.97 Å². The van der Waals surface area contributed by atoms with Crippen LogP contribution in [0.4, 0.5) is 0 Å². The lowest BCUT2D eigenvalue weighted by molar-refractivity contribution is -0.148. The highest BCUT2D eigenvalue weighted by Crippen LogP contribution is 2.22. The van der Waals surface area contributed by atoms with Gasteiger partial charge in [0.25, 0.3) is 0 Å². The maximum atomic E-state index is 11.9. The van der Waals surface area contributed by atoms with Gasteiger partial charge in [-0.2, -0.15) is 0 Å². The van der Waals surface area contributed by atoms with Gasteiger partial charge in [0.15, 0.2) is 0 Å². The zero-order chi connectivity index (χ0) is 12.9. The van der Waals surface area contributed by atoms with Crippen LogP contribution in [0.5, 0.6) is 0 Å². The van der Waals surface area contributed by atoms with Gasteiger partial charge in [-0.1, -0.05) is 35.7 Å². The highest BCUT2D eigenvalue weighted by Gasteiger charge is 2.35. The molecule has 1 rings (SSSR count). The molecule has 3 heteroatoms. The Morgan fingerprint density at radius 3 is 2.53 bits per heavy atom. The summed E-state index contributed by atoms with van der Waals surface area (Å²) in [4.78, 5) is 11.9. The molecule has 0 amide bonds. The number of carbonyl (C=O) groups excluding carboxylic acids is 1. The van der Waals surface area contributed by atoms with Crippen molar-refractivity contribution in [3.8, 4) is 12.3 Å². The highest BCUT2D eigenvalue weighted by molar-refractivity contribution is 5.82. The van der Waals surface area contributed by atoms with Crippen molar-refractivity contribution in [3.63, 3.8) is 0 Å². The van der Waals surface area contributed by atoms with Gasteiger partial charge in [-0.05, 0) is 19.4 Å². The van der Waals surface area contributed by atoms with E-state index in [0.717, 1.165) is 11.1 Å². The molecule has 0 bridgehead atoms. The predicted octanol–water partition coefficient (Wildman–Crippen LogP) is 1.61. The van der Waals surface area contributed by atoms with Crippen molar-refractivity contribution >= 4 is 5.97 Å². The van der Waals surface area contributed by atoms with Crippen LogP contribution in [0.15, 0.2) is 24.3 Å². The average Bonchev–Trinajstić information content (AvgIpc) is 2.35. The van der Waals surface area contributed by atoms with E-state index in [9.17, 15) is 4.79 Å². The Labute approximate surface area is 102 Å². The van der Waals surface area contributed by atoms with Gasteiger partial charge in [-0.25, -0.2) is 4.79 Å². The van der Waals surface area contributed by atoms with E-state index in [4.69, 9.17) is 11.2 Å². The first-order chi connectivity index (χ1) is 8.04. The molecule has 0 aliphatic rings. The van der Waals surface area contributed by atoms with E-state index in [1.54, 1.807) is 6.92 Å². The highest BCUT2D eigenvalue weighted by atomic mass is 16.5. The Bertz CT molecular complexity index is 431. The molecule has 0 heterocycles. The number of aryl methyl sites for hydroxylation is 1. The minimum Gasteiger partial charge on any atom is -0.467 e. The molecular weight excluding hydrogens is 214 g/mol. The number of methoxy groups -OCH3 is 1. The summed E-state index contributed by atoms with van der Waals surface area (Å²) < 4.78 is 4.83. The number of hydrogen-bond donors (Lipinski definition) is 1. The fourth-order valence-corrected chi connectivity index (χ4v) is 1.61. The standard InChI is InChI=1S/C14H17NO2/c1-5-10-15-14(3,13(16)17-4)12-8-6-11(2)7-9-12/h1,6-9,15H,10H2,2-4H3. The van der Waals surface area contributed by atoms with Gasteiger partial charge in [0, 0.05) is 0 Å². The zero-order valence-electron chi connectivity index (χ0n) is 10.4. The Morgan fingerprint density at radius 2 is 2.06 bits per heavy atom. The van der Waals surface area contributed by atoms with Crippen molar-refractivity contribution in [1.82, 2.24) is 5.32 Å². The third-order valence-electron chi connectivity index (χ3n) is 2.77. The Balaban J connectivity index is 3.10. The number of carbonyl (C=O) groups is 1. The SMILES string of the molecule is C#CCNC(C)(C(=O)OC)c1ccc(C)cc1. The summed E-state index contributed by atoms with van der Waals surface area (Å²) in [5.41, 5.74) is 1.07. The first kappa shape index (κ1) is 13.3. The average molecular weight is 231 g/mol. The number of ether oxygens (including phenoxy) is 1. The van der Waals surface area contributed by atoms with Crippen molar-refractivity contribution < 1.29 is 9.53 Å². The first-order valence-corrected chi connectivity index (χ1v) is 5.38. The van der Waals surface area contributed by atoms with Crippen LogP contribution >= 0.6 is 0 Å². The summed E-state index contributed by atoms with van der Waals surface area (Å²) in [6, 6.07) is 7.70. The third kappa shape index (κ3) is 2.86. The molecule has 90 valence electrons. The Kier molecular flexibility index (Phi) is 4.30. The molecule has 0 radical (unpaired) electrons. The third-order valence-corrected chi connectivity index (χ3v) is 2.77. The number of hydrogen-bond acceptors (Lipinski definition) is 3. The van der Waals surface area contributed by atoms with E-state index in [2.05, 4.69) is 11.2 Å². The van der Waals surface area contributed by atoms with E-state index in [1.165, 1.54) is 7.11 Å². The summed E-state index contributed by atoms with van der Waals surface area (Å²) >= 11 is 0. The molecule has 0 saturated carbocycles. The van der Waals surface area contributed by atoms with Crippen LogP contribution in [0.2, 0.25) is 0 Å².